The lowest BCUT2D eigenvalue weighted by Crippen LogP contribution is -2.30. The molecule has 0 amide bonds. The fraction of sp³-hybridized carbons (Fsp3) is 0.188. The van der Waals surface area contributed by atoms with Crippen molar-refractivity contribution in [2.24, 2.45) is 0 Å². The van der Waals surface area contributed by atoms with Gasteiger partial charge in [0.1, 0.15) is 17.4 Å². The van der Waals surface area contributed by atoms with E-state index in [0.29, 0.717) is 24.7 Å². The summed E-state index contributed by atoms with van der Waals surface area (Å²) in [6, 6.07) is 10.0. The van der Waals surface area contributed by atoms with Gasteiger partial charge in [0.25, 0.3) is 0 Å². The fourth-order valence-corrected chi connectivity index (χ4v) is 2.40. The molecule has 0 bridgehead atoms. The van der Waals surface area contributed by atoms with E-state index in [1.807, 2.05) is 0 Å². The van der Waals surface area contributed by atoms with Gasteiger partial charge < -0.3 is 4.74 Å². The maximum Gasteiger partial charge on any atom is 0.209 e. The molecule has 3 rings (SSSR count). The van der Waals surface area contributed by atoms with Gasteiger partial charge in [-0.25, -0.2) is 8.78 Å². The SMILES string of the molecule is O=C(c1ccc(F)cc1F)C1(Oc2ccc(Br)cc2)CC1. The Balaban J connectivity index is 1.85. The summed E-state index contributed by atoms with van der Waals surface area (Å²) in [6.45, 7) is 0. The van der Waals surface area contributed by atoms with Crippen molar-refractivity contribution in [1.29, 1.82) is 0 Å². The molecule has 2 aromatic carbocycles. The molecule has 0 aliphatic heterocycles. The molecular weight excluding hydrogens is 342 g/mol. The van der Waals surface area contributed by atoms with Gasteiger partial charge in [0.05, 0.1) is 5.56 Å². The summed E-state index contributed by atoms with van der Waals surface area (Å²) >= 11 is 3.32. The average molecular weight is 353 g/mol. The highest BCUT2D eigenvalue weighted by atomic mass is 79.9. The molecule has 0 saturated heterocycles. The highest BCUT2D eigenvalue weighted by Gasteiger charge is 2.53. The molecule has 108 valence electrons. The van der Waals surface area contributed by atoms with Crippen LogP contribution in [0.25, 0.3) is 0 Å². The molecule has 1 aliphatic rings. The lowest BCUT2D eigenvalue weighted by molar-refractivity contribution is 0.0741. The smallest absolute Gasteiger partial charge is 0.209 e. The van der Waals surface area contributed by atoms with Crippen molar-refractivity contribution >= 4 is 21.7 Å². The lowest BCUT2D eigenvalue weighted by atomic mass is 10.0. The molecule has 5 heteroatoms. The molecule has 0 aromatic heterocycles. The van der Waals surface area contributed by atoms with Crippen molar-refractivity contribution in [3.63, 3.8) is 0 Å². The number of hydrogen-bond acceptors (Lipinski definition) is 2. The summed E-state index contributed by atoms with van der Waals surface area (Å²) in [5, 5.41) is 0. The van der Waals surface area contributed by atoms with Gasteiger partial charge in [0.2, 0.25) is 5.78 Å². The predicted octanol–water partition coefficient (Wildman–Crippen LogP) is 4.52. The maximum absolute atomic E-state index is 13.7. The monoisotopic (exact) mass is 352 g/mol. The minimum Gasteiger partial charge on any atom is -0.479 e. The van der Waals surface area contributed by atoms with E-state index in [-0.39, 0.29) is 5.56 Å². The van der Waals surface area contributed by atoms with Gasteiger partial charge in [-0.2, -0.15) is 0 Å². The average Bonchev–Trinajstić information content (AvgIpc) is 3.22. The Kier molecular flexibility index (Phi) is 3.53. The third-order valence-corrected chi connectivity index (χ3v) is 3.95. The third kappa shape index (κ3) is 2.83. The summed E-state index contributed by atoms with van der Waals surface area (Å²) in [7, 11) is 0. The number of ether oxygens (including phenoxy) is 1. The zero-order chi connectivity index (χ0) is 15.0. The van der Waals surface area contributed by atoms with E-state index in [4.69, 9.17) is 4.74 Å². The molecule has 0 radical (unpaired) electrons. The molecule has 1 saturated carbocycles. The summed E-state index contributed by atoms with van der Waals surface area (Å²) < 4.78 is 33.3. The topological polar surface area (TPSA) is 26.3 Å². The molecule has 21 heavy (non-hydrogen) atoms. The van der Waals surface area contributed by atoms with Crippen LogP contribution in [0, 0.1) is 11.6 Å². The van der Waals surface area contributed by atoms with Gasteiger partial charge in [-0.15, -0.1) is 0 Å². The Morgan fingerprint density at radius 2 is 1.76 bits per heavy atom. The van der Waals surface area contributed by atoms with Crippen LogP contribution in [0.1, 0.15) is 23.2 Å². The Morgan fingerprint density at radius 1 is 1.10 bits per heavy atom. The third-order valence-electron chi connectivity index (χ3n) is 3.42. The van der Waals surface area contributed by atoms with Crippen LogP contribution in [0.3, 0.4) is 0 Å². The molecule has 1 fully saturated rings. The van der Waals surface area contributed by atoms with E-state index in [0.717, 1.165) is 16.6 Å². The van der Waals surface area contributed by atoms with Crippen molar-refractivity contribution in [3.8, 4) is 5.75 Å². The molecular formula is C16H11BrF2O2. The number of Topliss-reactive ketones (excluding diaryl/α,β-unsaturated/α-hetero) is 1. The first kappa shape index (κ1) is 14.2. The van der Waals surface area contributed by atoms with Gasteiger partial charge in [-0.3, -0.25) is 4.79 Å². The van der Waals surface area contributed by atoms with Crippen LogP contribution < -0.4 is 4.74 Å². The van der Waals surface area contributed by atoms with Crippen molar-refractivity contribution in [1.82, 2.24) is 0 Å². The Bertz CT molecular complexity index is 694. The van der Waals surface area contributed by atoms with E-state index in [9.17, 15) is 13.6 Å². The second kappa shape index (κ2) is 5.22. The number of halogens is 3. The largest absolute Gasteiger partial charge is 0.479 e. The summed E-state index contributed by atoms with van der Waals surface area (Å²) in [6.07, 6.45) is 1.05. The van der Waals surface area contributed by atoms with Gasteiger partial charge in [0.15, 0.2) is 5.60 Å². The minimum atomic E-state index is -1.02. The first-order chi connectivity index (χ1) is 10.00. The number of ketones is 1. The van der Waals surface area contributed by atoms with Crippen LogP contribution in [0.5, 0.6) is 5.75 Å². The Hall–Kier alpha value is -1.75. The highest BCUT2D eigenvalue weighted by molar-refractivity contribution is 9.10. The minimum absolute atomic E-state index is 0.133. The van der Waals surface area contributed by atoms with Gasteiger partial charge in [-0.05, 0) is 49.2 Å². The first-order valence-electron chi connectivity index (χ1n) is 6.45. The van der Waals surface area contributed by atoms with Crippen molar-refractivity contribution < 1.29 is 18.3 Å². The van der Waals surface area contributed by atoms with E-state index in [1.165, 1.54) is 0 Å². The standard InChI is InChI=1S/C16H11BrF2O2/c17-10-1-4-12(5-2-10)21-16(7-8-16)15(20)13-6-3-11(18)9-14(13)19/h1-6,9H,7-8H2. The summed E-state index contributed by atoms with van der Waals surface area (Å²) in [4.78, 5) is 12.4. The van der Waals surface area contributed by atoms with Crippen LogP contribution in [0.15, 0.2) is 46.9 Å². The molecule has 0 heterocycles. The van der Waals surface area contributed by atoms with E-state index in [2.05, 4.69) is 15.9 Å². The second-order valence-electron chi connectivity index (χ2n) is 5.00. The van der Waals surface area contributed by atoms with Crippen LogP contribution in [0.4, 0.5) is 8.78 Å². The predicted molar refractivity (Wildman–Crippen MR) is 77.4 cm³/mol. The van der Waals surface area contributed by atoms with Crippen molar-refractivity contribution in [2.75, 3.05) is 0 Å². The lowest BCUT2D eigenvalue weighted by Gasteiger charge is -2.17. The van der Waals surface area contributed by atoms with E-state index < -0.39 is 23.0 Å². The van der Waals surface area contributed by atoms with Crippen LogP contribution in [-0.4, -0.2) is 11.4 Å². The zero-order valence-corrected chi connectivity index (χ0v) is 12.5. The number of carbonyl (C=O) groups is 1. The van der Waals surface area contributed by atoms with Gasteiger partial charge in [0, 0.05) is 10.5 Å². The summed E-state index contributed by atoms with van der Waals surface area (Å²) in [5.74, 6) is -1.46. The van der Waals surface area contributed by atoms with Crippen LogP contribution >= 0.6 is 15.9 Å². The van der Waals surface area contributed by atoms with Gasteiger partial charge >= 0.3 is 0 Å². The molecule has 0 N–H and O–H groups in total. The Labute approximate surface area is 128 Å². The van der Waals surface area contributed by atoms with Crippen LogP contribution in [-0.2, 0) is 0 Å². The van der Waals surface area contributed by atoms with Crippen molar-refractivity contribution in [3.05, 3.63) is 64.1 Å². The number of hydrogen-bond donors (Lipinski definition) is 0. The van der Waals surface area contributed by atoms with E-state index >= 15 is 0 Å². The molecule has 1 aliphatic carbocycles. The normalized spacial score (nSPS) is 15.6. The maximum atomic E-state index is 13.7. The van der Waals surface area contributed by atoms with E-state index in [1.54, 1.807) is 24.3 Å². The highest BCUT2D eigenvalue weighted by Crippen LogP contribution is 2.43. The van der Waals surface area contributed by atoms with Gasteiger partial charge in [-0.1, -0.05) is 15.9 Å². The number of benzene rings is 2. The Morgan fingerprint density at radius 3 is 2.33 bits per heavy atom. The zero-order valence-electron chi connectivity index (χ0n) is 10.9. The first-order valence-corrected chi connectivity index (χ1v) is 7.24. The molecule has 2 nitrogen and oxygen atoms in total. The van der Waals surface area contributed by atoms with Crippen LogP contribution in [0.2, 0.25) is 0 Å². The number of rotatable bonds is 4. The molecule has 0 spiro atoms. The second-order valence-corrected chi connectivity index (χ2v) is 5.92. The number of carbonyl (C=O) groups excluding carboxylic acids is 1. The molecule has 2 aromatic rings. The molecule has 0 atom stereocenters. The summed E-state index contributed by atoms with van der Waals surface area (Å²) in [5.41, 5.74) is -1.15. The molecule has 0 unspecified atom stereocenters. The quantitative estimate of drug-likeness (QED) is 0.756. The van der Waals surface area contributed by atoms with Crippen molar-refractivity contribution in [2.45, 2.75) is 18.4 Å². The fourth-order valence-electron chi connectivity index (χ4n) is 2.14.